The molecule has 0 aromatic rings. The fraction of sp³-hybridized carbons (Fsp3) is 0.500. The molecule has 0 fully saturated rings. The third kappa shape index (κ3) is 10.9. The number of hydrogen-bond donors (Lipinski definition) is 5. The Morgan fingerprint density at radius 2 is 1.00 bits per heavy atom. The number of aliphatic carboxylic acids is 4. The molecule has 0 aliphatic carbocycles. The zero-order valence-corrected chi connectivity index (χ0v) is 8.49. The van der Waals surface area contributed by atoms with Crippen molar-refractivity contribution in [1.82, 2.24) is 5.32 Å². The first kappa shape index (κ1) is 23.5. The van der Waals surface area contributed by atoms with Gasteiger partial charge in [0.1, 0.15) is 12.1 Å². The molecule has 0 amide bonds. The monoisotopic (exact) mass is 301 g/mol. The van der Waals surface area contributed by atoms with Crippen molar-refractivity contribution in [3.05, 3.63) is 0 Å². The predicted octanol–water partition coefficient (Wildman–Crippen LogP) is -3.40. The number of carboxylic acid groups (broad SMARTS) is 4. The van der Waals surface area contributed by atoms with E-state index in [-0.39, 0.29) is 46.1 Å². The van der Waals surface area contributed by atoms with Gasteiger partial charge in [-0.1, -0.05) is 0 Å². The molecule has 5 N–H and O–H groups in total. The lowest BCUT2D eigenvalue weighted by atomic mass is 10.1. The number of carboxylic acids is 4. The molecule has 0 bridgehead atoms. The third-order valence-corrected chi connectivity index (χ3v) is 1.76. The molecule has 0 aromatic heterocycles. The van der Waals surface area contributed by atoms with Gasteiger partial charge >= 0.3 is 70.0 Å². The summed E-state index contributed by atoms with van der Waals surface area (Å²) in [6, 6.07) is -3.32. The van der Waals surface area contributed by atoms with Crippen molar-refractivity contribution < 1.29 is 39.6 Å². The average molecular weight is 302 g/mol. The number of carbonyl (C=O) groups is 4. The SMILES string of the molecule is O=C(O)CC(NC(CC(=O)O)C(=O)O)C(=O)O.[MgH2].[MgH2]. The molecule has 2 atom stereocenters. The van der Waals surface area contributed by atoms with Crippen LogP contribution in [0.4, 0.5) is 0 Å². The zero-order valence-electron chi connectivity index (χ0n) is 8.49. The van der Waals surface area contributed by atoms with Crippen LogP contribution in [0.1, 0.15) is 12.8 Å². The standard InChI is InChI=1S/C8H11NO8.2Mg.4H/c10-5(11)1-3(7(14)15)9-4(8(16)17)2-6(12)13;;;;;;/h3-4,9H,1-2H2,(H,10,11)(H,12,13)(H,14,15)(H,16,17);;;;;;. The lowest BCUT2D eigenvalue weighted by molar-refractivity contribution is -0.150. The first-order valence-electron chi connectivity index (χ1n) is 4.39. The van der Waals surface area contributed by atoms with Crippen molar-refractivity contribution in [2.75, 3.05) is 0 Å². The van der Waals surface area contributed by atoms with Crippen molar-refractivity contribution in [1.29, 1.82) is 0 Å². The minimum Gasteiger partial charge on any atom is -0.481 e. The Labute approximate surface area is 139 Å². The summed E-state index contributed by atoms with van der Waals surface area (Å²) in [5, 5.41) is 36.0. The minimum absolute atomic E-state index is 0. The molecule has 0 saturated carbocycles. The Balaban J connectivity index is -0.00000128. The van der Waals surface area contributed by atoms with Crippen LogP contribution in [0.15, 0.2) is 0 Å². The Morgan fingerprint density at radius 1 is 0.737 bits per heavy atom. The first-order chi connectivity index (χ1) is 7.73. The quantitative estimate of drug-likeness (QED) is 0.288. The molecule has 0 rings (SSSR count). The average Bonchev–Trinajstić information content (AvgIpc) is 2.13. The van der Waals surface area contributed by atoms with E-state index < -0.39 is 48.8 Å². The highest BCUT2D eigenvalue weighted by Crippen LogP contribution is 2.00. The maximum Gasteiger partial charge on any atom is 0.321 e. The fourth-order valence-electron chi connectivity index (χ4n) is 1.03. The third-order valence-electron chi connectivity index (χ3n) is 1.76. The predicted molar refractivity (Wildman–Crippen MR) is 67.6 cm³/mol. The molecular weight excluding hydrogens is 287 g/mol. The van der Waals surface area contributed by atoms with Crippen LogP contribution in [0.5, 0.6) is 0 Å². The van der Waals surface area contributed by atoms with E-state index in [0.29, 0.717) is 0 Å². The number of hydrogen-bond acceptors (Lipinski definition) is 5. The molecule has 104 valence electrons. The zero-order chi connectivity index (χ0) is 13.6. The van der Waals surface area contributed by atoms with Crippen LogP contribution in [-0.2, 0) is 19.2 Å². The van der Waals surface area contributed by atoms with Gasteiger partial charge in [-0.05, 0) is 0 Å². The van der Waals surface area contributed by atoms with E-state index in [2.05, 4.69) is 0 Å². The first-order valence-corrected chi connectivity index (χ1v) is 4.39. The molecule has 19 heavy (non-hydrogen) atoms. The van der Waals surface area contributed by atoms with Gasteiger partial charge in [0.25, 0.3) is 0 Å². The molecule has 0 radical (unpaired) electrons. The van der Waals surface area contributed by atoms with Gasteiger partial charge in [0.2, 0.25) is 0 Å². The molecule has 0 spiro atoms. The van der Waals surface area contributed by atoms with Gasteiger partial charge < -0.3 is 20.4 Å². The summed E-state index contributed by atoms with van der Waals surface area (Å²) in [7, 11) is 0. The van der Waals surface area contributed by atoms with Crippen molar-refractivity contribution in [3.8, 4) is 0 Å². The molecule has 11 heteroatoms. The van der Waals surface area contributed by atoms with Crippen molar-refractivity contribution >= 4 is 70.0 Å². The van der Waals surface area contributed by atoms with Crippen molar-refractivity contribution in [2.45, 2.75) is 24.9 Å². The Kier molecular flexibility index (Phi) is 13.9. The highest BCUT2D eigenvalue weighted by molar-refractivity contribution is 5.84. The summed E-state index contributed by atoms with van der Waals surface area (Å²) >= 11 is 0. The van der Waals surface area contributed by atoms with E-state index in [1.807, 2.05) is 5.32 Å². The van der Waals surface area contributed by atoms with Crippen LogP contribution in [0.25, 0.3) is 0 Å². The van der Waals surface area contributed by atoms with Crippen molar-refractivity contribution in [3.63, 3.8) is 0 Å². The number of nitrogens with one attached hydrogen (secondary N) is 1. The maximum absolute atomic E-state index is 10.6. The number of rotatable bonds is 8. The summed E-state index contributed by atoms with van der Waals surface area (Å²) in [6.45, 7) is 0. The van der Waals surface area contributed by atoms with E-state index >= 15 is 0 Å². The van der Waals surface area contributed by atoms with Crippen molar-refractivity contribution in [2.24, 2.45) is 0 Å². The van der Waals surface area contributed by atoms with Crippen LogP contribution in [-0.4, -0.2) is 102 Å². The minimum atomic E-state index is -1.66. The van der Waals surface area contributed by atoms with E-state index in [0.717, 1.165) is 0 Å². The Hall–Kier alpha value is -0.628. The molecular formula is C8H15Mg2NO8. The van der Waals surface area contributed by atoms with Crippen LogP contribution >= 0.6 is 0 Å². The molecule has 2 unspecified atom stereocenters. The van der Waals surface area contributed by atoms with E-state index in [9.17, 15) is 19.2 Å². The molecule has 0 saturated heterocycles. The van der Waals surface area contributed by atoms with E-state index in [1.54, 1.807) is 0 Å². The summed E-state index contributed by atoms with van der Waals surface area (Å²) < 4.78 is 0. The van der Waals surface area contributed by atoms with Crippen LogP contribution in [0.3, 0.4) is 0 Å². The van der Waals surface area contributed by atoms with Gasteiger partial charge in [0.15, 0.2) is 0 Å². The lowest BCUT2D eigenvalue weighted by Crippen LogP contribution is -2.48. The molecule has 0 heterocycles. The summed E-state index contributed by atoms with van der Waals surface area (Å²) in [6.07, 6.45) is -1.70. The van der Waals surface area contributed by atoms with Gasteiger partial charge in [0.05, 0.1) is 12.8 Å². The second-order valence-corrected chi connectivity index (χ2v) is 3.14. The Bertz CT molecular complexity index is 316. The van der Waals surface area contributed by atoms with Gasteiger partial charge in [-0.2, -0.15) is 0 Å². The highest BCUT2D eigenvalue weighted by atomic mass is 24.3. The molecule has 0 aliphatic rings. The van der Waals surface area contributed by atoms with E-state index in [1.165, 1.54) is 0 Å². The normalized spacial score (nSPS) is 12.2. The largest absolute Gasteiger partial charge is 0.481 e. The lowest BCUT2D eigenvalue weighted by Gasteiger charge is -2.17. The van der Waals surface area contributed by atoms with Gasteiger partial charge in [-0.25, -0.2) is 0 Å². The van der Waals surface area contributed by atoms with Gasteiger partial charge in [-0.15, -0.1) is 0 Å². The topological polar surface area (TPSA) is 161 Å². The summed E-state index contributed by atoms with van der Waals surface area (Å²) in [4.78, 5) is 41.9. The van der Waals surface area contributed by atoms with Crippen LogP contribution in [0.2, 0.25) is 0 Å². The van der Waals surface area contributed by atoms with E-state index in [4.69, 9.17) is 20.4 Å². The smallest absolute Gasteiger partial charge is 0.321 e. The second-order valence-electron chi connectivity index (χ2n) is 3.14. The maximum atomic E-state index is 10.6. The highest BCUT2D eigenvalue weighted by Gasteiger charge is 2.29. The Morgan fingerprint density at radius 3 is 1.16 bits per heavy atom. The molecule has 0 aromatic carbocycles. The fourth-order valence-corrected chi connectivity index (χ4v) is 1.03. The van der Waals surface area contributed by atoms with Gasteiger partial charge in [0, 0.05) is 0 Å². The molecule has 0 aliphatic heterocycles. The summed E-state index contributed by atoms with van der Waals surface area (Å²) in [5.74, 6) is -6.01. The molecule has 9 nitrogen and oxygen atoms in total. The second kappa shape index (κ2) is 11.2. The van der Waals surface area contributed by atoms with Crippen LogP contribution in [0, 0.1) is 0 Å². The summed E-state index contributed by atoms with van der Waals surface area (Å²) in [5.41, 5.74) is 0. The van der Waals surface area contributed by atoms with Gasteiger partial charge in [-0.3, -0.25) is 24.5 Å². The van der Waals surface area contributed by atoms with Crippen LogP contribution < -0.4 is 5.32 Å².